The van der Waals surface area contributed by atoms with Gasteiger partial charge in [-0.3, -0.25) is 4.79 Å². The lowest BCUT2D eigenvalue weighted by Gasteiger charge is -2.18. The van der Waals surface area contributed by atoms with Crippen molar-refractivity contribution in [3.8, 4) is 0 Å². The fourth-order valence-electron chi connectivity index (χ4n) is 2.14. The van der Waals surface area contributed by atoms with Crippen LogP contribution < -0.4 is 4.90 Å². The minimum Gasteiger partial charge on any atom is -0.378 e. The van der Waals surface area contributed by atoms with E-state index in [0.717, 1.165) is 12.0 Å². The minimum absolute atomic E-state index is 0.195. The number of rotatable bonds is 6. The molecule has 0 bridgehead atoms. The van der Waals surface area contributed by atoms with Gasteiger partial charge in [0, 0.05) is 44.7 Å². The van der Waals surface area contributed by atoms with Crippen LogP contribution in [0.4, 0.5) is 5.69 Å². The van der Waals surface area contributed by atoms with Crippen LogP contribution in [0.1, 0.15) is 16.9 Å². The van der Waals surface area contributed by atoms with E-state index in [0.29, 0.717) is 13.0 Å². The fourth-order valence-corrected chi connectivity index (χ4v) is 2.85. The smallest absolute Gasteiger partial charge is 0.222 e. The molecule has 4 heteroatoms. The van der Waals surface area contributed by atoms with Gasteiger partial charge in [-0.05, 0) is 35.6 Å². The summed E-state index contributed by atoms with van der Waals surface area (Å²) in [6, 6.07) is 12.4. The summed E-state index contributed by atoms with van der Waals surface area (Å²) < 4.78 is 0. The first-order valence-electron chi connectivity index (χ1n) is 7.09. The van der Waals surface area contributed by atoms with Crippen LogP contribution >= 0.6 is 11.3 Å². The highest BCUT2D eigenvalue weighted by Crippen LogP contribution is 2.15. The first kappa shape index (κ1) is 15.6. The third-order valence-corrected chi connectivity index (χ3v) is 4.40. The van der Waals surface area contributed by atoms with Crippen molar-refractivity contribution in [3.63, 3.8) is 0 Å². The van der Waals surface area contributed by atoms with Crippen molar-refractivity contribution in [1.29, 1.82) is 0 Å². The fraction of sp³-hybridized carbons (Fsp3) is 0.353. The summed E-state index contributed by atoms with van der Waals surface area (Å²) in [5.74, 6) is 0.195. The summed E-state index contributed by atoms with van der Waals surface area (Å²) in [6.07, 6.45) is 1.41. The molecular formula is C17H22N2OS. The number of nitrogens with zero attached hydrogens (tertiary/aromatic N) is 2. The largest absolute Gasteiger partial charge is 0.378 e. The normalized spacial score (nSPS) is 10.4. The van der Waals surface area contributed by atoms with Crippen molar-refractivity contribution in [3.05, 3.63) is 52.2 Å². The van der Waals surface area contributed by atoms with E-state index in [-0.39, 0.29) is 5.91 Å². The van der Waals surface area contributed by atoms with Crippen LogP contribution in [0.5, 0.6) is 0 Å². The molecule has 0 saturated heterocycles. The molecule has 0 unspecified atom stereocenters. The van der Waals surface area contributed by atoms with Crippen molar-refractivity contribution in [2.24, 2.45) is 0 Å². The molecule has 1 aromatic carbocycles. The van der Waals surface area contributed by atoms with E-state index in [4.69, 9.17) is 0 Å². The van der Waals surface area contributed by atoms with E-state index >= 15 is 0 Å². The number of aryl methyl sites for hydroxylation is 1. The Labute approximate surface area is 130 Å². The first-order valence-corrected chi connectivity index (χ1v) is 7.97. The Balaban J connectivity index is 1.85. The van der Waals surface area contributed by atoms with Gasteiger partial charge in [0.15, 0.2) is 0 Å². The Morgan fingerprint density at radius 3 is 2.38 bits per heavy atom. The second kappa shape index (κ2) is 7.27. The maximum atomic E-state index is 12.1. The Bertz CT molecular complexity index is 561. The Kier molecular flexibility index (Phi) is 5.39. The zero-order chi connectivity index (χ0) is 15.2. The molecule has 21 heavy (non-hydrogen) atoms. The predicted molar refractivity (Wildman–Crippen MR) is 89.9 cm³/mol. The molecule has 3 nitrogen and oxygen atoms in total. The average Bonchev–Trinajstić information content (AvgIpc) is 2.98. The van der Waals surface area contributed by atoms with Crippen molar-refractivity contribution in [1.82, 2.24) is 4.90 Å². The van der Waals surface area contributed by atoms with E-state index in [2.05, 4.69) is 40.6 Å². The molecule has 1 amide bonds. The van der Waals surface area contributed by atoms with E-state index in [1.165, 1.54) is 10.6 Å². The predicted octanol–water partition coefficient (Wildman–Crippen LogP) is 3.41. The number of hydrogen-bond donors (Lipinski definition) is 0. The summed E-state index contributed by atoms with van der Waals surface area (Å²) in [5.41, 5.74) is 2.33. The highest BCUT2D eigenvalue weighted by molar-refractivity contribution is 7.09. The van der Waals surface area contributed by atoms with Crippen molar-refractivity contribution in [2.75, 3.05) is 26.0 Å². The summed E-state index contributed by atoms with van der Waals surface area (Å²) in [5, 5.41) is 2.05. The van der Waals surface area contributed by atoms with Gasteiger partial charge in [0.05, 0.1) is 0 Å². The molecule has 2 aromatic rings. The molecule has 0 saturated carbocycles. The second-order valence-electron chi connectivity index (χ2n) is 5.39. The highest BCUT2D eigenvalue weighted by Gasteiger charge is 2.10. The molecule has 1 heterocycles. The standard InChI is InChI=1S/C17H22N2OS/c1-18(2)15-8-6-14(7-9-15)13-19(3)17(20)11-10-16-5-4-12-21-16/h4-9,12H,10-11,13H2,1-3H3. The number of thiophene rings is 1. The highest BCUT2D eigenvalue weighted by atomic mass is 32.1. The van der Waals surface area contributed by atoms with Crippen LogP contribution in [-0.4, -0.2) is 32.0 Å². The molecule has 0 atom stereocenters. The van der Waals surface area contributed by atoms with Crippen molar-refractivity contribution in [2.45, 2.75) is 19.4 Å². The third-order valence-electron chi connectivity index (χ3n) is 3.46. The summed E-state index contributed by atoms with van der Waals surface area (Å²) in [6.45, 7) is 0.664. The summed E-state index contributed by atoms with van der Waals surface area (Å²) in [7, 11) is 5.92. The minimum atomic E-state index is 0.195. The average molecular weight is 302 g/mol. The van der Waals surface area contributed by atoms with Gasteiger partial charge in [-0.25, -0.2) is 0 Å². The van der Waals surface area contributed by atoms with Gasteiger partial charge >= 0.3 is 0 Å². The van der Waals surface area contributed by atoms with Gasteiger partial charge in [0.1, 0.15) is 0 Å². The second-order valence-corrected chi connectivity index (χ2v) is 6.42. The van der Waals surface area contributed by atoms with E-state index in [9.17, 15) is 4.79 Å². The lowest BCUT2D eigenvalue weighted by molar-refractivity contribution is -0.130. The van der Waals surface area contributed by atoms with Crippen LogP contribution in [0, 0.1) is 0 Å². The third kappa shape index (κ3) is 4.60. The maximum Gasteiger partial charge on any atom is 0.222 e. The van der Waals surface area contributed by atoms with Crippen molar-refractivity contribution >= 4 is 22.9 Å². The Morgan fingerprint density at radius 2 is 1.81 bits per heavy atom. The molecule has 1 aromatic heterocycles. The Hall–Kier alpha value is -1.81. The van der Waals surface area contributed by atoms with Crippen LogP contribution in [0.2, 0.25) is 0 Å². The number of hydrogen-bond acceptors (Lipinski definition) is 3. The summed E-state index contributed by atoms with van der Waals surface area (Å²) >= 11 is 1.71. The molecule has 0 aliphatic heterocycles. The number of carbonyl (C=O) groups is 1. The van der Waals surface area contributed by atoms with Gasteiger partial charge in [0.25, 0.3) is 0 Å². The molecule has 0 aliphatic rings. The first-order chi connectivity index (χ1) is 10.1. The lowest BCUT2D eigenvalue weighted by Crippen LogP contribution is -2.26. The van der Waals surface area contributed by atoms with Crippen molar-refractivity contribution < 1.29 is 4.79 Å². The van der Waals surface area contributed by atoms with Gasteiger partial charge in [-0.2, -0.15) is 0 Å². The number of anilines is 1. The molecule has 0 spiro atoms. The topological polar surface area (TPSA) is 23.6 Å². The van der Waals surface area contributed by atoms with Gasteiger partial charge in [-0.15, -0.1) is 11.3 Å². The van der Waals surface area contributed by atoms with Crippen LogP contribution in [0.25, 0.3) is 0 Å². The molecule has 112 valence electrons. The quantitative estimate of drug-likeness (QED) is 0.816. The van der Waals surface area contributed by atoms with Gasteiger partial charge in [-0.1, -0.05) is 18.2 Å². The SMILES string of the molecule is CN(Cc1ccc(N(C)C)cc1)C(=O)CCc1cccs1. The van der Waals surface area contributed by atoms with Crippen LogP contribution in [0.15, 0.2) is 41.8 Å². The van der Waals surface area contributed by atoms with Gasteiger partial charge in [0.2, 0.25) is 5.91 Å². The summed E-state index contributed by atoms with van der Waals surface area (Å²) in [4.78, 5) is 17.3. The molecule has 0 N–H and O–H groups in total. The Morgan fingerprint density at radius 1 is 1.10 bits per heavy atom. The van der Waals surface area contributed by atoms with E-state index in [1.54, 1.807) is 16.2 Å². The zero-order valence-electron chi connectivity index (χ0n) is 12.9. The van der Waals surface area contributed by atoms with E-state index in [1.807, 2.05) is 27.2 Å². The molecular weight excluding hydrogens is 280 g/mol. The maximum absolute atomic E-state index is 12.1. The molecule has 0 fully saturated rings. The van der Waals surface area contributed by atoms with E-state index < -0.39 is 0 Å². The molecule has 0 radical (unpaired) electrons. The number of carbonyl (C=O) groups excluding carboxylic acids is 1. The number of amides is 1. The van der Waals surface area contributed by atoms with Crippen LogP contribution in [0.3, 0.4) is 0 Å². The van der Waals surface area contributed by atoms with Crippen LogP contribution in [-0.2, 0) is 17.8 Å². The van der Waals surface area contributed by atoms with Gasteiger partial charge < -0.3 is 9.80 Å². The molecule has 2 rings (SSSR count). The number of benzene rings is 1. The lowest BCUT2D eigenvalue weighted by atomic mass is 10.1. The zero-order valence-corrected chi connectivity index (χ0v) is 13.7. The monoisotopic (exact) mass is 302 g/mol. The molecule has 0 aliphatic carbocycles.